The van der Waals surface area contributed by atoms with Crippen molar-refractivity contribution in [2.45, 2.75) is 69.6 Å². The SMILES string of the molecule is CN(C)[C@@]1(c2cccc(C(F)(F)F)c2)c2cc3c(cc2OC(C)(C)[C@@H]1O)OC(C)(C)CC3. The van der Waals surface area contributed by atoms with Crippen LogP contribution in [0.1, 0.15) is 56.4 Å². The summed E-state index contributed by atoms with van der Waals surface area (Å²) in [5, 5.41) is 11.6. The second-order valence-electron chi connectivity index (χ2n) is 10.2. The third-order valence-electron chi connectivity index (χ3n) is 6.72. The van der Waals surface area contributed by atoms with E-state index in [2.05, 4.69) is 0 Å². The van der Waals surface area contributed by atoms with Crippen LogP contribution in [-0.4, -0.2) is 41.4 Å². The van der Waals surface area contributed by atoms with Crippen molar-refractivity contribution in [1.82, 2.24) is 4.90 Å². The molecule has 0 aliphatic carbocycles. The van der Waals surface area contributed by atoms with Gasteiger partial charge in [-0.2, -0.15) is 13.2 Å². The predicted octanol–water partition coefficient (Wildman–Crippen LogP) is 5.15. The Morgan fingerprint density at radius 3 is 2.31 bits per heavy atom. The highest BCUT2D eigenvalue weighted by Gasteiger charge is 2.56. The van der Waals surface area contributed by atoms with Gasteiger partial charge in [-0.05, 0) is 84.0 Å². The second kappa shape index (κ2) is 7.12. The lowest BCUT2D eigenvalue weighted by atomic mass is 9.69. The van der Waals surface area contributed by atoms with E-state index in [0.29, 0.717) is 22.6 Å². The van der Waals surface area contributed by atoms with Crippen molar-refractivity contribution in [3.63, 3.8) is 0 Å². The first kappa shape index (κ1) is 22.9. The van der Waals surface area contributed by atoms with Crippen LogP contribution in [0.5, 0.6) is 11.5 Å². The van der Waals surface area contributed by atoms with E-state index in [4.69, 9.17) is 9.47 Å². The van der Waals surface area contributed by atoms with Crippen molar-refractivity contribution in [2.24, 2.45) is 0 Å². The number of hydrogen-bond donors (Lipinski definition) is 1. The van der Waals surface area contributed by atoms with Crippen LogP contribution in [-0.2, 0) is 18.1 Å². The third-order valence-corrected chi connectivity index (χ3v) is 6.72. The van der Waals surface area contributed by atoms with Gasteiger partial charge in [-0.3, -0.25) is 4.90 Å². The fourth-order valence-corrected chi connectivity index (χ4v) is 5.04. The summed E-state index contributed by atoms with van der Waals surface area (Å²) in [5.74, 6) is 1.21. The standard InChI is InChI=1S/C25H30F3NO3/c1-22(2)11-10-15-12-18-20(14-19(15)31-22)32-23(3,4)21(30)24(18,29(5)6)16-8-7-9-17(13-16)25(26,27)28/h7-9,12-14,21,30H,10-11H2,1-6H3/t21-,24-/m0/s1. The first-order valence-electron chi connectivity index (χ1n) is 10.8. The normalized spacial score (nSPS) is 26.0. The minimum absolute atomic E-state index is 0.315. The Kier molecular flexibility index (Phi) is 5.10. The molecular formula is C25H30F3NO3. The van der Waals surface area contributed by atoms with E-state index in [0.717, 1.165) is 30.5 Å². The van der Waals surface area contributed by atoms with Crippen LogP contribution in [0.4, 0.5) is 13.2 Å². The summed E-state index contributed by atoms with van der Waals surface area (Å²) in [4.78, 5) is 1.79. The Morgan fingerprint density at radius 1 is 1.00 bits per heavy atom. The highest BCUT2D eigenvalue weighted by molar-refractivity contribution is 5.57. The van der Waals surface area contributed by atoms with Crippen LogP contribution in [0.3, 0.4) is 0 Å². The quantitative estimate of drug-likeness (QED) is 0.689. The Morgan fingerprint density at radius 2 is 1.69 bits per heavy atom. The molecule has 0 bridgehead atoms. The zero-order chi connectivity index (χ0) is 23.7. The molecule has 7 heteroatoms. The molecule has 4 rings (SSSR count). The van der Waals surface area contributed by atoms with Crippen LogP contribution in [0, 0.1) is 0 Å². The first-order valence-corrected chi connectivity index (χ1v) is 10.8. The van der Waals surface area contributed by atoms with E-state index < -0.39 is 29.0 Å². The van der Waals surface area contributed by atoms with Gasteiger partial charge in [-0.1, -0.05) is 12.1 Å². The molecule has 0 saturated heterocycles. The molecule has 1 N–H and O–H groups in total. The van der Waals surface area contributed by atoms with Gasteiger partial charge in [0.1, 0.15) is 34.3 Å². The number of alkyl halides is 3. The largest absolute Gasteiger partial charge is 0.487 e. The first-order chi connectivity index (χ1) is 14.7. The number of benzene rings is 2. The van der Waals surface area contributed by atoms with Crippen LogP contribution in [0.15, 0.2) is 36.4 Å². The fourth-order valence-electron chi connectivity index (χ4n) is 5.04. The third kappa shape index (κ3) is 3.46. The summed E-state index contributed by atoms with van der Waals surface area (Å²) < 4.78 is 53.1. The van der Waals surface area contributed by atoms with Crippen molar-refractivity contribution < 1.29 is 27.8 Å². The Bertz CT molecular complexity index is 1050. The maximum atomic E-state index is 13.6. The minimum atomic E-state index is -4.49. The molecule has 174 valence electrons. The maximum absolute atomic E-state index is 13.6. The minimum Gasteiger partial charge on any atom is -0.487 e. The number of hydrogen-bond acceptors (Lipinski definition) is 4. The molecule has 4 nitrogen and oxygen atoms in total. The van der Waals surface area contributed by atoms with Crippen LogP contribution in [0.25, 0.3) is 0 Å². The summed E-state index contributed by atoms with van der Waals surface area (Å²) in [6.07, 6.45) is -4.05. The number of fused-ring (bicyclic) bond motifs is 2. The molecule has 2 atom stereocenters. The molecule has 0 aromatic heterocycles. The average molecular weight is 450 g/mol. The summed E-state index contributed by atoms with van der Waals surface area (Å²) in [7, 11) is 3.54. The van der Waals surface area contributed by atoms with Gasteiger partial charge in [0.15, 0.2) is 0 Å². The fraction of sp³-hybridized carbons (Fsp3) is 0.520. The van der Waals surface area contributed by atoms with Gasteiger partial charge in [-0.25, -0.2) is 0 Å². The molecule has 2 heterocycles. The topological polar surface area (TPSA) is 41.9 Å². The number of nitrogens with zero attached hydrogens (tertiary/aromatic N) is 1. The molecule has 0 amide bonds. The molecule has 2 aliphatic rings. The van der Waals surface area contributed by atoms with E-state index in [1.165, 1.54) is 6.07 Å². The van der Waals surface area contributed by atoms with Crippen LogP contribution in [0.2, 0.25) is 0 Å². The molecule has 2 aromatic carbocycles. The summed E-state index contributed by atoms with van der Waals surface area (Å²) in [5.41, 5.74) is -1.43. The van der Waals surface area contributed by atoms with Gasteiger partial charge < -0.3 is 14.6 Å². The monoisotopic (exact) mass is 449 g/mol. The predicted molar refractivity (Wildman–Crippen MR) is 116 cm³/mol. The Labute approximate surface area is 186 Å². The molecule has 0 spiro atoms. The molecule has 2 aromatic rings. The highest BCUT2D eigenvalue weighted by Crippen LogP contribution is 2.53. The molecule has 0 radical (unpaired) electrons. The van der Waals surface area contributed by atoms with E-state index >= 15 is 0 Å². The summed E-state index contributed by atoms with van der Waals surface area (Å²) in [6.45, 7) is 7.54. The number of ether oxygens (including phenoxy) is 2. The Hall–Kier alpha value is -2.25. The number of aryl methyl sites for hydroxylation is 1. The number of aliphatic hydroxyl groups excluding tert-OH is 1. The zero-order valence-corrected chi connectivity index (χ0v) is 19.3. The lowest BCUT2D eigenvalue weighted by Crippen LogP contribution is -2.64. The van der Waals surface area contributed by atoms with Crippen molar-refractivity contribution >= 4 is 0 Å². The zero-order valence-electron chi connectivity index (χ0n) is 19.3. The number of likely N-dealkylation sites (N-methyl/N-ethyl adjacent to an activating group) is 1. The van der Waals surface area contributed by atoms with Crippen molar-refractivity contribution in [1.29, 1.82) is 0 Å². The molecule has 0 saturated carbocycles. The van der Waals surface area contributed by atoms with Gasteiger partial charge >= 0.3 is 6.18 Å². The summed E-state index contributed by atoms with van der Waals surface area (Å²) >= 11 is 0. The lowest BCUT2D eigenvalue weighted by molar-refractivity contribution is -0.138. The highest BCUT2D eigenvalue weighted by atomic mass is 19.4. The van der Waals surface area contributed by atoms with Gasteiger partial charge in [0.05, 0.1) is 5.56 Å². The molecule has 0 fully saturated rings. The lowest BCUT2D eigenvalue weighted by Gasteiger charge is -2.54. The van der Waals surface area contributed by atoms with Gasteiger partial charge in [0.25, 0.3) is 0 Å². The van der Waals surface area contributed by atoms with E-state index in [1.54, 1.807) is 38.9 Å². The maximum Gasteiger partial charge on any atom is 0.416 e. The van der Waals surface area contributed by atoms with E-state index in [1.807, 2.05) is 26.0 Å². The number of halogens is 3. The van der Waals surface area contributed by atoms with Gasteiger partial charge in [-0.15, -0.1) is 0 Å². The van der Waals surface area contributed by atoms with Gasteiger partial charge in [0, 0.05) is 11.6 Å². The van der Waals surface area contributed by atoms with Crippen LogP contribution < -0.4 is 9.47 Å². The van der Waals surface area contributed by atoms with Crippen molar-refractivity contribution in [2.75, 3.05) is 14.1 Å². The van der Waals surface area contributed by atoms with Crippen molar-refractivity contribution in [3.05, 3.63) is 58.7 Å². The number of rotatable bonds is 2. The number of aliphatic hydroxyl groups is 1. The second-order valence-corrected chi connectivity index (χ2v) is 10.2. The molecule has 2 aliphatic heterocycles. The smallest absolute Gasteiger partial charge is 0.416 e. The summed E-state index contributed by atoms with van der Waals surface area (Å²) in [6, 6.07) is 8.97. The van der Waals surface area contributed by atoms with E-state index in [-0.39, 0.29) is 5.60 Å². The molecular weight excluding hydrogens is 419 g/mol. The Balaban J connectivity index is 2.02. The van der Waals surface area contributed by atoms with E-state index in [9.17, 15) is 18.3 Å². The van der Waals surface area contributed by atoms with Gasteiger partial charge in [0.2, 0.25) is 0 Å². The molecule has 0 unspecified atom stereocenters. The van der Waals surface area contributed by atoms with Crippen molar-refractivity contribution in [3.8, 4) is 11.5 Å². The van der Waals surface area contributed by atoms with Crippen LogP contribution >= 0.6 is 0 Å². The average Bonchev–Trinajstić information content (AvgIpc) is 2.66. The molecule has 32 heavy (non-hydrogen) atoms.